The van der Waals surface area contributed by atoms with Crippen molar-refractivity contribution in [2.75, 3.05) is 9.80 Å². The van der Waals surface area contributed by atoms with E-state index in [0.717, 1.165) is 34.1 Å². The zero-order chi connectivity index (χ0) is 36.6. The first-order valence-corrected chi connectivity index (χ1v) is 19.5. The standard InChI is InChI=1S/C52H36N2S/c1-4-13-37(14-5-1)38-23-27-43(28-24-38)53(41-16-6-2-7-17-41)45-31-33-48-40(35-45)15-12-21-47(48)39-25-29-44(30-26-39)54(42-18-8-3-9-19-42)46-32-34-50-49-20-10-11-22-51(49)55-52(50)36-46/h1-36H. The minimum atomic E-state index is 1.12. The third kappa shape index (κ3) is 6.21. The topological polar surface area (TPSA) is 6.48 Å². The van der Waals surface area contributed by atoms with Gasteiger partial charge in [0.2, 0.25) is 0 Å². The van der Waals surface area contributed by atoms with Crippen molar-refractivity contribution in [3.8, 4) is 22.3 Å². The van der Waals surface area contributed by atoms with Gasteiger partial charge in [-0.1, -0.05) is 140 Å². The summed E-state index contributed by atoms with van der Waals surface area (Å²) in [6.07, 6.45) is 0. The Labute approximate surface area is 325 Å². The summed E-state index contributed by atoms with van der Waals surface area (Å²) in [4.78, 5) is 4.69. The lowest BCUT2D eigenvalue weighted by atomic mass is 9.97. The molecule has 1 aromatic heterocycles. The molecule has 0 saturated carbocycles. The van der Waals surface area contributed by atoms with E-state index in [1.165, 1.54) is 53.2 Å². The average molecular weight is 721 g/mol. The number of rotatable bonds is 8. The number of benzene rings is 9. The van der Waals surface area contributed by atoms with E-state index in [0.29, 0.717) is 0 Å². The van der Waals surface area contributed by atoms with E-state index in [1.807, 2.05) is 11.3 Å². The second-order valence-electron chi connectivity index (χ2n) is 13.8. The van der Waals surface area contributed by atoms with Gasteiger partial charge >= 0.3 is 0 Å². The molecule has 0 bridgehead atoms. The second kappa shape index (κ2) is 14.1. The van der Waals surface area contributed by atoms with Crippen LogP contribution in [-0.2, 0) is 0 Å². The van der Waals surface area contributed by atoms with Crippen LogP contribution in [-0.4, -0.2) is 0 Å². The Hall–Kier alpha value is -6.94. The van der Waals surface area contributed by atoms with Gasteiger partial charge in [-0.2, -0.15) is 0 Å². The molecule has 0 aliphatic heterocycles. The molecular formula is C52H36N2S. The number of nitrogens with zero attached hydrogens (tertiary/aromatic N) is 2. The van der Waals surface area contributed by atoms with Crippen molar-refractivity contribution >= 4 is 76.4 Å². The fraction of sp³-hybridized carbons (Fsp3) is 0. The Bertz CT molecular complexity index is 2900. The van der Waals surface area contributed by atoms with Crippen molar-refractivity contribution in [1.82, 2.24) is 0 Å². The molecule has 0 fully saturated rings. The molecule has 0 unspecified atom stereocenters. The maximum atomic E-state index is 2.35. The molecule has 0 radical (unpaired) electrons. The maximum absolute atomic E-state index is 2.35. The minimum absolute atomic E-state index is 1.12. The predicted octanol–water partition coefficient (Wildman–Crippen LogP) is 15.5. The first-order valence-electron chi connectivity index (χ1n) is 18.7. The summed E-state index contributed by atoms with van der Waals surface area (Å²) >= 11 is 1.85. The monoisotopic (exact) mass is 720 g/mol. The van der Waals surface area contributed by atoms with Crippen molar-refractivity contribution in [3.05, 3.63) is 218 Å². The molecule has 9 aromatic carbocycles. The van der Waals surface area contributed by atoms with Gasteiger partial charge in [-0.3, -0.25) is 0 Å². The quantitative estimate of drug-likeness (QED) is 0.154. The van der Waals surface area contributed by atoms with Crippen LogP contribution < -0.4 is 9.80 Å². The van der Waals surface area contributed by atoms with Crippen molar-refractivity contribution in [2.45, 2.75) is 0 Å². The van der Waals surface area contributed by atoms with E-state index in [4.69, 9.17) is 0 Å². The molecular weight excluding hydrogens is 685 g/mol. The van der Waals surface area contributed by atoms with Crippen molar-refractivity contribution in [2.24, 2.45) is 0 Å². The van der Waals surface area contributed by atoms with Crippen LogP contribution in [0.5, 0.6) is 0 Å². The molecule has 260 valence electrons. The molecule has 3 heteroatoms. The van der Waals surface area contributed by atoms with Crippen LogP contribution in [0.3, 0.4) is 0 Å². The zero-order valence-corrected chi connectivity index (χ0v) is 30.9. The molecule has 0 atom stereocenters. The normalized spacial score (nSPS) is 11.3. The molecule has 10 aromatic rings. The van der Waals surface area contributed by atoms with Crippen LogP contribution in [0.25, 0.3) is 53.2 Å². The highest BCUT2D eigenvalue weighted by atomic mass is 32.1. The van der Waals surface area contributed by atoms with E-state index in [-0.39, 0.29) is 0 Å². The highest BCUT2D eigenvalue weighted by molar-refractivity contribution is 7.25. The molecule has 0 aliphatic rings. The lowest BCUT2D eigenvalue weighted by Crippen LogP contribution is -2.09. The molecule has 1 heterocycles. The first-order chi connectivity index (χ1) is 27.3. The first kappa shape index (κ1) is 32.7. The van der Waals surface area contributed by atoms with Gasteiger partial charge in [0.1, 0.15) is 0 Å². The average Bonchev–Trinajstić information content (AvgIpc) is 3.63. The van der Waals surface area contributed by atoms with Gasteiger partial charge in [-0.05, 0) is 112 Å². The molecule has 0 saturated heterocycles. The van der Waals surface area contributed by atoms with Crippen LogP contribution in [0.1, 0.15) is 0 Å². The molecule has 10 rings (SSSR count). The number of hydrogen-bond donors (Lipinski definition) is 0. The van der Waals surface area contributed by atoms with Gasteiger partial charge in [0.25, 0.3) is 0 Å². The number of hydrogen-bond acceptors (Lipinski definition) is 3. The third-order valence-corrected chi connectivity index (χ3v) is 11.6. The van der Waals surface area contributed by atoms with Crippen LogP contribution in [0.15, 0.2) is 218 Å². The minimum Gasteiger partial charge on any atom is -0.310 e. The maximum Gasteiger partial charge on any atom is 0.0476 e. The Morgan fingerprint density at radius 1 is 0.273 bits per heavy atom. The van der Waals surface area contributed by atoms with E-state index < -0.39 is 0 Å². The molecule has 0 amide bonds. The Kier molecular flexibility index (Phi) is 8.40. The fourth-order valence-electron chi connectivity index (χ4n) is 7.79. The second-order valence-corrected chi connectivity index (χ2v) is 14.9. The number of para-hydroxylation sites is 2. The number of fused-ring (bicyclic) bond motifs is 4. The predicted molar refractivity (Wildman–Crippen MR) is 237 cm³/mol. The number of thiophene rings is 1. The Morgan fingerprint density at radius 2 is 0.745 bits per heavy atom. The molecule has 55 heavy (non-hydrogen) atoms. The zero-order valence-electron chi connectivity index (χ0n) is 30.1. The van der Waals surface area contributed by atoms with Gasteiger partial charge in [0, 0.05) is 54.3 Å². The summed E-state index contributed by atoms with van der Waals surface area (Å²) in [6.45, 7) is 0. The summed E-state index contributed by atoms with van der Waals surface area (Å²) in [5.41, 5.74) is 11.6. The summed E-state index contributed by atoms with van der Waals surface area (Å²) in [5, 5.41) is 5.04. The molecule has 0 spiro atoms. The molecule has 0 aliphatic carbocycles. The van der Waals surface area contributed by atoms with Crippen LogP contribution >= 0.6 is 11.3 Å². The summed E-state index contributed by atoms with van der Waals surface area (Å²) in [6, 6.07) is 78.7. The Balaban J connectivity index is 1.01. The largest absolute Gasteiger partial charge is 0.310 e. The lowest BCUT2D eigenvalue weighted by Gasteiger charge is -2.26. The van der Waals surface area contributed by atoms with Crippen LogP contribution in [0.4, 0.5) is 34.1 Å². The van der Waals surface area contributed by atoms with E-state index in [9.17, 15) is 0 Å². The van der Waals surface area contributed by atoms with Crippen LogP contribution in [0.2, 0.25) is 0 Å². The Morgan fingerprint density at radius 3 is 1.40 bits per heavy atom. The van der Waals surface area contributed by atoms with Gasteiger partial charge in [0.15, 0.2) is 0 Å². The SMILES string of the molecule is c1ccc(-c2ccc(N(c3ccccc3)c3ccc4c(-c5ccc(N(c6ccccc6)c6ccc7c(c6)sc6ccccc67)cc5)cccc4c3)cc2)cc1. The van der Waals surface area contributed by atoms with Gasteiger partial charge in [-0.25, -0.2) is 0 Å². The van der Waals surface area contributed by atoms with Gasteiger partial charge in [0.05, 0.1) is 0 Å². The number of anilines is 6. The van der Waals surface area contributed by atoms with E-state index >= 15 is 0 Å². The summed E-state index contributed by atoms with van der Waals surface area (Å²) in [7, 11) is 0. The third-order valence-electron chi connectivity index (χ3n) is 10.4. The van der Waals surface area contributed by atoms with E-state index in [2.05, 4.69) is 228 Å². The smallest absolute Gasteiger partial charge is 0.0476 e. The molecule has 2 nitrogen and oxygen atoms in total. The van der Waals surface area contributed by atoms with Crippen molar-refractivity contribution < 1.29 is 0 Å². The van der Waals surface area contributed by atoms with Crippen LogP contribution in [0, 0.1) is 0 Å². The summed E-state index contributed by atoms with van der Waals surface area (Å²) < 4.78 is 2.61. The van der Waals surface area contributed by atoms with E-state index in [1.54, 1.807) is 0 Å². The highest BCUT2D eigenvalue weighted by Gasteiger charge is 2.17. The fourth-order valence-corrected chi connectivity index (χ4v) is 8.93. The molecule has 0 N–H and O–H groups in total. The van der Waals surface area contributed by atoms with Gasteiger partial charge in [-0.15, -0.1) is 11.3 Å². The summed E-state index contributed by atoms with van der Waals surface area (Å²) in [5.74, 6) is 0. The lowest BCUT2D eigenvalue weighted by molar-refractivity contribution is 1.29. The van der Waals surface area contributed by atoms with Crippen molar-refractivity contribution in [1.29, 1.82) is 0 Å². The highest BCUT2D eigenvalue weighted by Crippen LogP contribution is 2.42. The van der Waals surface area contributed by atoms with Crippen molar-refractivity contribution in [3.63, 3.8) is 0 Å². The van der Waals surface area contributed by atoms with Gasteiger partial charge < -0.3 is 9.80 Å².